The fraction of sp³-hybridized carbons (Fsp3) is 0.571. The average molecular weight is 300 g/mol. The zero-order valence-electron chi connectivity index (χ0n) is 12.6. The van der Waals surface area contributed by atoms with E-state index in [9.17, 15) is 8.42 Å². The van der Waals surface area contributed by atoms with Crippen LogP contribution in [0.1, 0.15) is 25.0 Å². The third-order valence-electron chi connectivity index (χ3n) is 3.20. The third kappa shape index (κ3) is 4.56. The van der Waals surface area contributed by atoms with Gasteiger partial charge in [-0.25, -0.2) is 13.1 Å². The van der Waals surface area contributed by atoms with Gasteiger partial charge in [-0.1, -0.05) is 13.0 Å². The van der Waals surface area contributed by atoms with Crippen molar-refractivity contribution >= 4 is 10.0 Å². The predicted molar refractivity (Wildman–Crippen MR) is 80.2 cm³/mol. The lowest BCUT2D eigenvalue weighted by Crippen LogP contribution is -2.31. The first-order valence-corrected chi connectivity index (χ1v) is 8.21. The van der Waals surface area contributed by atoms with Gasteiger partial charge in [0.2, 0.25) is 10.0 Å². The van der Waals surface area contributed by atoms with Crippen LogP contribution >= 0.6 is 0 Å². The lowest BCUT2D eigenvalue weighted by molar-refractivity contribution is 0.122. The summed E-state index contributed by atoms with van der Waals surface area (Å²) in [4.78, 5) is 0.295. The summed E-state index contributed by atoms with van der Waals surface area (Å²) in [6.07, 6.45) is 0.724. The Kier molecular flexibility index (Phi) is 6.61. The molecule has 0 fully saturated rings. The number of ether oxygens (including phenoxy) is 1. The molecule has 6 heteroatoms. The van der Waals surface area contributed by atoms with E-state index in [1.807, 2.05) is 20.0 Å². The van der Waals surface area contributed by atoms with Crippen LogP contribution in [0, 0.1) is 0 Å². The Balaban J connectivity index is 2.97. The third-order valence-corrected chi connectivity index (χ3v) is 4.62. The maximum Gasteiger partial charge on any atom is 0.240 e. The normalized spacial score (nSPS) is 13.4. The maximum atomic E-state index is 12.2. The van der Waals surface area contributed by atoms with Crippen molar-refractivity contribution in [3.63, 3.8) is 0 Å². The SMILES string of the molecule is CCc1ccc(S(=O)(=O)NCC(C)OC)cc1CNC. The first-order chi connectivity index (χ1) is 9.44. The molecule has 0 aliphatic carbocycles. The van der Waals surface area contributed by atoms with Gasteiger partial charge in [0.1, 0.15) is 0 Å². The van der Waals surface area contributed by atoms with Gasteiger partial charge in [0.15, 0.2) is 0 Å². The molecule has 0 bridgehead atoms. The van der Waals surface area contributed by atoms with Crippen molar-refractivity contribution in [2.75, 3.05) is 20.7 Å². The Bertz CT molecular complexity index is 529. The van der Waals surface area contributed by atoms with Gasteiger partial charge in [-0.15, -0.1) is 0 Å². The van der Waals surface area contributed by atoms with Crippen molar-refractivity contribution in [2.45, 2.75) is 37.8 Å². The largest absolute Gasteiger partial charge is 0.380 e. The van der Waals surface area contributed by atoms with Gasteiger partial charge in [-0.3, -0.25) is 0 Å². The highest BCUT2D eigenvalue weighted by atomic mass is 32.2. The standard InChI is InChI=1S/C14H24N2O3S/c1-5-12-6-7-14(8-13(12)10-15-3)20(17,18)16-9-11(2)19-4/h6-8,11,15-16H,5,9-10H2,1-4H3. The van der Waals surface area contributed by atoms with Crippen molar-refractivity contribution in [2.24, 2.45) is 0 Å². The van der Waals surface area contributed by atoms with Crippen molar-refractivity contribution in [3.8, 4) is 0 Å². The summed E-state index contributed by atoms with van der Waals surface area (Å²) in [7, 11) is -0.0871. The Labute approximate surface area is 121 Å². The summed E-state index contributed by atoms with van der Waals surface area (Å²) < 4.78 is 32.0. The molecule has 1 aromatic carbocycles. The van der Waals surface area contributed by atoms with Crippen LogP contribution in [-0.4, -0.2) is 35.2 Å². The fourth-order valence-electron chi connectivity index (χ4n) is 1.86. The molecule has 5 nitrogen and oxygen atoms in total. The van der Waals surface area contributed by atoms with Gasteiger partial charge in [0.25, 0.3) is 0 Å². The molecule has 2 N–H and O–H groups in total. The molecule has 0 amide bonds. The molecule has 0 heterocycles. The molecule has 0 saturated carbocycles. The second-order valence-corrected chi connectivity index (χ2v) is 6.48. The van der Waals surface area contributed by atoms with E-state index in [-0.39, 0.29) is 12.6 Å². The highest BCUT2D eigenvalue weighted by molar-refractivity contribution is 7.89. The molecule has 1 atom stereocenters. The number of hydrogen-bond acceptors (Lipinski definition) is 4. The van der Waals surface area contributed by atoms with Gasteiger partial charge >= 0.3 is 0 Å². The van der Waals surface area contributed by atoms with Crippen LogP contribution in [0.15, 0.2) is 23.1 Å². The molecule has 0 aliphatic heterocycles. The molecule has 114 valence electrons. The fourth-order valence-corrected chi connectivity index (χ4v) is 3.03. The maximum absolute atomic E-state index is 12.2. The highest BCUT2D eigenvalue weighted by Gasteiger charge is 2.16. The van der Waals surface area contributed by atoms with E-state index in [2.05, 4.69) is 17.0 Å². The summed E-state index contributed by atoms with van der Waals surface area (Å²) in [6, 6.07) is 5.26. The van der Waals surface area contributed by atoms with Gasteiger partial charge in [0.05, 0.1) is 11.0 Å². The van der Waals surface area contributed by atoms with E-state index < -0.39 is 10.0 Å². The van der Waals surface area contributed by atoms with E-state index >= 15 is 0 Å². The summed E-state index contributed by atoms with van der Waals surface area (Å²) in [5, 5.41) is 3.06. The van der Waals surface area contributed by atoms with Gasteiger partial charge in [-0.2, -0.15) is 0 Å². The van der Waals surface area contributed by atoms with Crippen LogP contribution in [-0.2, 0) is 27.7 Å². The van der Waals surface area contributed by atoms with Crippen LogP contribution in [0.25, 0.3) is 0 Å². The Hall–Kier alpha value is -0.950. The van der Waals surface area contributed by atoms with Crippen LogP contribution in [0.2, 0.25) is 0 Å². The van der Waals surface area contributed by atoms with Crippen molar-refractivity contribution in [1.29, 1.82) is 0 Å². The molecular weight excluding hydrogens is 276 g/mol. The van der Waals surface area contributed by atoms with E-state index in [0.29, 0.717) is 11.4 Å². The van der Waals surface area contributed by atoms with Gasteiger partial charge < -0.3 is 10.1 Å². The lowest BCUT2D eigenvalue weighted by Gasteiger charge is -2.13. The second-order valence-electron chi connectivity index (χ2n) is 4.71. The van der Waals surface area contributed by atoms with Crippen LogP contribution < -0.4 is 10.0 Å². The quantitative estimate of drug-likeness (QED) is 0.759. The number of rotatable bonds is 8. The van der Waals surface area contributed by atoms with Crippen LogP contribution in [0.5, 0.6) is 0 Å². The lowest BCUT2D eigenvalue weighted by atomic mass is 10.1. The van der Waals surface area contributed by atoms with Crippen LogP contribution in [0.3, 0.4) is 0 Å². The molecule has 1 aromatic rings. The summed E-state index contributed by atoms with van der Waals surface area (Å²) >= 11 is 0. The van der Waals surface area contributed by atoms with Crippen molar-refractivity contribution in [3.05, 3.63) is 29.3 Å². The average Bonchev–Trinajstić information content (AvgIpc) is 2.45. The minimum absolute atomic E-state index is 0.156. The molecular formula is C14H24N2O3S. The molecule has 20 heavy (non-hydrogen) atoms. The second kappa shape index (κ2) is 7.73. The van der Waals surface area contributed by atoms with Crippen LogP contribution in [0.4, 0.5) is 0 Å². The number of sulfonamides is 1. The minimum atomic E-state index is -3.49. The van der Waals surface area contributed by atoms with Crippen molar-refractivity contribution < 1.29 is 13.2 Å². The summed E-state index contributed by atoms with van der Waals surface area (Å²) in [5.41, 5.74) is 2.17. The number of benzene rings is 1. The number of hydrogen-bond donors (Lipinski definition) is 2. The molecule has 0 aromatic heterocycles. The van der Waals surface area contributed by atoms with E-state index in [4.69, 9.17) is 4.74 Å². The van der Waals surface area contributed by atoms with Gasteiger partial charge in [0, 0.05) is 20.2 Å². The van der Waals surface area contributed by atoms with E-state index in [1.165, 1.54) is 0 Å². The monoisotopic (exact) mass is 300 g/mol. The first-order valence-electron chi connectivity index (χ1n) is 6.73. The summed E-state index contributed by atoms with van der Waals surface area (Å²) in [6.45, 7) is 4.78. The predicted octanol–water partition coefficient (Wildman–Crippen LogP) is 1.28. The Morgan fingerprint density at radius 3 is 2.55 bits per heavy atom. The number of aryl methyl sites for hydroxylation is 1. The van der Waals surface area contributed by atoms with E-state index in [1.54, 1.807) is 19.2 Å². The molecule has 1 rings (SSSR count). The topological polar surface area (TPSA) is 67.4 Å². The Morgan fingerprint density at radius 2 is 2.00 bits per heavy atom. The molecule has 0 spiro atoms. The van der Waals surface area contributed by atoms with E-state index in [0.717, 1.165) is 17.5 Å². The first kappa shape index (κ1) is 17.1. The summed E-state index contributed by atoms with van der Waals surface area (Å²) in [5.74, 6) is 0. The molecule has 1 unspecified atom stereocenters. The van der Waals surface area contributed by atoms with Crippen molar-refractivity contribution in [1.82, 2.24) is 10.0 Å². The number of nitrogens with one attached hydrogen (secondary N) is 2. The molecule has 0 saturated heterocycles. The zero-order valence-corrected chi connectivity index (χ0v) is 13.4. The van der Waals surface area contributed by atoms with Gasteiger partial charge in [-0.05, 0) is 43.7 Å². The molecule has 0 aliphatic rings. The Morgan fingerprint density at radius 1 is 1.30 bits per heavy atom. The number of methoxy groups -OCH3 is 1. The molecule has 0 radical (unpaired) electrons. The highest BCUT2D eigenvalue weighted by Crippen LogP contribution is 2.17. The smallest absolute Gasteiger partial charge is 0.240 e. The minimum Gasteiger partial charge on any atom is -0.380 e. The zero-order chi connectivity index (χ0) is 15.2.